The molecular weight excluding hydrogens is 224 g/mol. The predicted molar refractivity (Wildman–Crippen MR) is 73.8 cm³/mol. The summed E-state index contributed by atoms with van der Waals surface area (Å²) < 4.78 is 6.01. The molecule has 0 aromatic carbocycles. The van der Waals surface area contributed by atoms with Gasteiger partial charge in [-0.1, -0.05) is 0 Å². The van der Waals surface area contributed by atoms with E-state index in [1.165, 1.54) is 71.1 Å². The number of hydrogen-bond acceptors (Lipinski definition) is 3. The Morgan fingerprint density at radius 3 is 2.56 bits per heavy atom. The van der Waals surface area contributed by atoms with Gasteiger partial charge in [0.05, 0.1) is 12.7 Å². The maximum Gasteiger partial charge on any atom is 0.0575 e. The number of ether oxygens (including phenoxy) is 1. The highest BCUT2D eigenvalue weighted by Gasteiger charge is 2.28. The fourth-order valence-electron chi connectivity index (χ4n) is 3.55. The van der Waals surface area contributed by atoms with Gasteiger partial charge in [0.1, 0.15) is 0 Å². The Morgan fingerprint density at radius 1 is 1.00 bits per heavy atom. The Kier molecular flexibility index (Phi) is 4.55. The third-order valence-corrected chi connectivity index (χ3v) is 5.00. The topological polar surface area (TPSA) is 24.5 Å². The van der Waals surface area contributed by atoms with Crippen LogP contribution in [0.15, 0.2) is 0 Å². The van der Waals surface area contributed by atoms with Crippen LogP contribution in [0, 0.1) is 5.92 Å². The number of nitrogens with one attached hydrogen (secondary N) is 1. The largest absolute Gasteiger partial charge is 0.378 e. The Labute approximate surface area is 111 Å². The quantitative estimate of drug-likeness (QED) is 0.828. The summed E-state index contributed by atoms with van der Waals surface area (Å²) in [5.74, 6) is 0.800. The lowest BCUT2D eigenvalue weighted by atomic mass is 9.93. The van der Waals surface area contributed by atoms with E-state index in [-0.39, 0.29) is 0 Å². The molecule has 2 saturated heterocycles. The minimum absolute atomic E-state index is 0.610. The number of hydrogen-bond donors (Lipinski definition) is 1. The van der Waals surface area contributed by atoms with Crippen LogP contribution < -0.4 is 5.32 Å². The zero-order valence-corrected chi connectivity index (χ0v) is 11.6. The van der Waals surface area contributed by atoms with Crippen LogP contribution in [0.2, 0.25) is 0 Å². The lowest BCUT2D eigenvalue weighted by Crippen LogP contribution is -2.48. The van der Waals surface area contributed by atoms with Gasteiger partial charge in [-0.25, -0.2) is 0 Å². The average Bonchev–Trinajstić information content (AvgIpc) is 2.38. The Hall–Kier alpha value is -0.120. The lowest BCUT2D eigenvalue weighted by Gasteiger charge is -2.40. The monoisotopic (exact) mass is 252 g/mol. The van der Waals surface area contributed by atoms with Crippen molar-refractivity contribution in [3.05, 3.63) is 0 Å². The van der Waals surface area contributed by atoms with Crippen LogP contribution in [0.5, 0.6) is 0 Å². The van der Waals surface area contributed by atoms with Crippen LogP contribution >= 0.6 is 0 Å². The lowest BCUT2D eigenvalue weighted by molar-refractivity contribution is -0.0329. The molecule has 104 valence electrons. The van der Waals surface area contributed by atoms with Gasteiger partial charge in [-0.15, -0.1) is 0 Å². The summed E-state index contributed by atoms with van der Waals surface area (Å²) in [5.41, 5.74) is 0. The highest BCUT2D eigenvalue weighted by molar-refractivity contribution is 4.83. The van der Waals surface area contributed by atoms with Crippen molar-refractivity contribution in [2.24, 2.45) is 5.92 Å². The Balaban J connectivity index is 1.42. The first-order valence-electron chi connectivity index (χ1n) is 7.98. The van der Waals surface area contributed by atoms with E-state index >= 15 is 0 Å². The van der Waals surface area contributed by atoms with E-state index in [0.29, 0.717) is 6.10 Å². The zero-order chi connectivity index (χ0) is 12.2. The molecule has 1 atom stereocenters. The molecule has 2 heterocycles. The molecule has 0 aromatic rings. The summed E-state index contributed by atoms with van der Waals surface area (Å²) in [6.45, 7) is 6.06. The third kappa shape index (κ3) is 3.25. The van der Waals surface area contributed by atoms with E-state index in [1.54, 1.807) is 0 Å². The van der Waals surface area contributed by atoms with Crippen LogP contribution in [-0.2, 0) is 4.74 Å². The summed E-state index contributed by atoms with van der Waals surface area (Å²) in [4.78, 5) is 2.75. The van der Waals surface area contributed by atoms with Gasteiger partial charge in [0, 0.05) is 12.6 Å². The molecule has 1 saturated carbocycles. The first kappa shape index (κ1) is 12.9. The maximum atomic E-state index is 6.01. The van der Waals surface area contributed by atoms with Crippen LogP contribution in [0.25, 0.3) is 0 Å². The Morgan fingerprint density at radius 2 is 1.83 bits per heavy atom. The molecule has 0 amide bonds. The van der Waals surface area contributed by atoms with Gasteiger partial charge in [0.25, 0.3) is 0 Å². The van der Waals surface area contributed by atoms with Crippen molar-refractivity contribution in [1.82, 2.24) is 10.2 Å². The van der Waals surface area contributed by atoms with Crippen molar-refractivity contribution < 1.29 is 4.74 Å². The summed E-state index contributed by atoms with van der Waals surface area (Å²) in [6.07, 6.45) is 10.1. The second-order valence-corrected chi connectivity index (χ2v) is 6.37. The molecule has 3 rings (SSSR count). The highest BCUT2D eigenvalue weighted by atomic mass is 16.5. The predicted octanol–water partition coefficient (Wildman–Crippen LogP) is 2.02. The number of piperidine rings is 2. The molecule has 0 aromatic heterocycles. The third-order valence-electron chi connectivity index (χ3n) is 5.00. The highest BCUT2D eigenvalue weighted by Crippen LogP contribution is 2.26. The molecule has 0 unspecified atom stereocenters. The van der Waals surface area contributed by atoms with E-state index in [0.717, 1.165) is 18.6 Å². The fraction of sp³-hybridized carbons (Fsp3) is 1.00. The van der Waals surface area contributed by atoms with Crippen molar-refractivity contribution in [3.8, 4) is 0 Å². The molecule has 0 spiro atoms. The molecule has 3 heteroatoms. The van der Waals surface area contributed by atoms with Gasteiger partial charge >= 0.3 is 0 Å². The minimum atomic E-state index is 0.610. The zero-order valence-electron chi connectivity index (χ0n) is 11.6. The van der Waals surface area contributed by atoms with Gasteiger partial charge in [-0.05, 0) is 70.5 Å². The second-order valence-electron chi connectivity index (χ2n) is 6.37. The van der Waals surface area contributed by atoms with E-state index in [2.05, 4.69) is 10.2 Å². The molecule has 1 N–H and O–H groups in total. The van der Waals surface area contributed by atoms with E-state index in [9.17, 15) is 0 Å². The van der Waals surface area contributed by atoms with Crippen molar-refractivity contribution in [2.75, 3.05) is 32.8 Å². The van der Waals surface area contributed by atoms with Crippen molar-refractivity contribution in [2.45, 2.75) is 57.1 Å². The minimum Gasteiger partial charge on any atom is -0.378 e. The number of rotatable bonds is 4. The smallest absolute Gasteiger partial charge is 0.0575 e. The SMILES string of the molecule is C1CC(OC[C@@H]2CCCN(C3CCNCC3)C2)C1. The summed E-state index contributed by atoms with van der Waals surface area (Å²) in [5, 5.41) is 3.47. The first-order chi connectivity index (χ1) is 8.92. The molecule has 3 nitrogen and oxygen atoms in total. The van der Waals surface area contributed by atoms with Crippen LogP contribution in [0.1, 0.15) is 44.9 Å². The second kappa shape index (κ2) is 6.36. The molecule has 2 aliphatic heterocycles. The van der Waals surface area contributed by atoms with Crippen LogP contribution in [0.4, 0.5) is 0 Å². The first-order valence-corrected chi connectivity index (χ1v) is 7.98. The Bertz CT molecular complexity index is 249. The van der Waals surface area contributed by atoms with Gasteiger partial charge in [-0.2, -0.15) is 0 Å². The number of likely N-dealkylation sites (tertiary alicyclic amines) is 1. The normalized spacial score (nSPS) is 32.3. The summed E-state index contributed by atoms with van der Waals surface area (Å²) in [6, 6.07) is 0.845. The fourth-order valence-corrected chi connectivity index (χ4v) is 3.55. The van der Waals surface area contributed by atoms with Gasteiger partial charge in [0.15, 0.2) is 0 Å². The average molecular weight is 252 g/mol. The number of nitrogens with zero attached hydrogens (tertiary/aromatic N) is 1. The molecule has 3 fully saturated rings. The molecular formula is C15H28N2O. The molecule has 0 radical (unpaired) electrons. The van der Waals surface area contributed by atoms with Gasteiger partial charge < -0.3 is 10.1 Å². The van der Waals surface area contributed by atoms with E-state index in [1.807, 2.05) is 0 Å². The summed E-state index contributed by atoms with van der Waals surface area (Å²) >= 11 is 0. The van der Waals surface area contributed by atoms with E-state index < -0.39 is 0 Å². The van der Waals surface area contributed by atoms with Crippen molar-refractivity contribution in [1.29, 1.82) is 0 Å². The molecule has 0 bridgehead atoms. The van der Waals surface area contributed by atoms with Gasteiger partial charge in [-0.3, -0.25) is 4.90 Å². The van der Waals surface area contributed by atoms with Crippen molar-refractivity contribution in [3.63, 3.8) is 0 Å². The summed E-state index contributed by atoms with van der Waals surface area (Å²) in [7, 11) is 0. The molecule has 3 aliphatic rings. The standard InChI is InChI=1S/C15H28N2O/c1-4-15(5-1)18-12-13-3-2-10-17(11-13)14-6-8-16-9-7-14/h13-16H,1-12H2/t13-/m1/s1. The molecule has 1 aliphatic carbocycles. The molecule has 18 heavy (non-hydrogen) atoms. The van der Waals surface area contributed by atoms with Gasteiger partial charge in [0.2, 0.25) is 0 Å². The maximum absolute atomic E-state index is 6.01. The van der Waals surface area contributed by atoms with Crippen LogP contribution in [0.3, 0.4) is 0 Å². The van der Waals surface area contributed by atoms with Crippen molar-refractivity contribution >= 4 is 0 Å². The van der Waals surface area contributed by atoms with Crippen LogP contribution in [-0.4, -0.2) is 49.8 Å². The van der Waals surface area contributed by atoms with E-state index in [4.69, 9.17) is 4.74 Å².